The number of benzene rings is 4. The van der Waals surface area contributed by atoms with Gasteiger partial charge in [-0.05, 0) is 59.1 Å². The zero-order valence-electron chi connectivity index (χ0n) is 25.6. The summed E-state index contributed by atoms with van der Waals surface area (Å²) in [4.78, 5) is 30.6. The molecule has 45 heavy (non-hydrogen) atoms. The van der Waals surface area contributed by atoms with Crippen molar-refractivity contribution in [2.45, 2.75) is 63.6 Å². The molecule has 1 heterocycles. The first-order valence-corrected chi connectivity index (χ1v) is 16.1. The summed E-state index contributed by atoms with van der Waals surface area (Å²) in [6.07, 6.45) is 6.70. The van der Waals surface area contributed by atoms with Crippen molar-refractivity contribution in [2.75, 3.05) is 0 Å². The lowest BCUT2D eigenvalue weighted by Gasteiger charge is -2.27. The molecule has 230 valence electrons. The molecule has 6 nitrogen and oxygen atoms in total. The normalized spacial score (nSPS) is 15.0. The van der Waals surface area contributed by atoms with Gasteiger partial charge in [-0.2, -0.15) is 0 Å². The van der Waals surface area contributed by atoms with Crippen LogP contribution in [-0.4, -0.2) is 16.9 Å². The van der Waals surface area contributed by atoms with Crippen LogP contribution in [-0.2, 0) is 27.4 Å². The summed E-state index contributed by atoms with van der Waals surface area (Å²) in [6, 6.07) is 34.5. The first-order valence-electron chi connectivity index (χ1n) is 16.1. The van der Waals surface area contributed by atoms with Crippen LogP contribution in [0.25, 0.3) is 22.0 Å². The fourth-order valence-corrected chi connectivity index (χ4v) is 6.56. The molecular weight excluding hydrogens is 558 g/mol. The number of carbonyl (C=O) groups excluding carboxylic acids is 2. The Hall–Kier alpha value is -4.68. The molecule has 0 aliphatic heterocycles. The Balaban J connectivity index is 1.20. The van der Waals surface area contributed by atoms with Crippen molar-refractivity contribution >= 4 is 22.8 Å². The number of para-hydroxylation sites is 1. The van der Waals surface area contributed by atoms with Crippen LogP contribution in [0.3, 0.4) is 0 Å². The van der Waals surface area contributed by atoms with E-state index in [1.807, 2.05) is 97.1 Å². The number of hydrogen-bond donors (Lipinski definition) is 3. The van der Waals surface area contributed by atoms with Crippen molar-refractivity contribution in [3.63, 3.8) is 0 Å². The van der Waals surface area contributed by atoms with E-state index in [0.29, 0.717) is 17.9 Å². The second-order valence-electron chi connectivity index (χ2n) is 12.1. The quantitative estimate of drug-likeness (QED) is 0.134. The number of carbonyl (C=O) groups is 2. The monoisotopic (exact) mass is 599 g/mol. The van der Waals surface area contributed by atoms with Crippen molar-refractivity contribution in [1.82, 2.24) is 10.3 Å². The van der Waals surface area contributed by atoms with Gasteiger partial charge in [0.1, 0.15) is 6.61 Å². The third-order valence-electron chi connectivity index (χ3n) is 9.06. The Morgan fingerprint density at radius 2 is 1.44 bits per heavy atom. The van der Waals surface area contributed by atoms with Crippen molar-refractivity contribution in [3.8, 4) is 11.1 Å². The number of rotatable bonds is 11. The van der Waals surface area contributed by atoms with Crippen LogP contribution in [0.2, 0.25) is 0 Å². The summed E-state index contributed by atoms with van der Waals surface area (Å²) in [5.41, 5.74) is 13.7. The maximum Gasteiger partial charge on any atom is 0.333 e. The lowest BCUT2D eigenvalue weighted by atomic mass is 9.82. The van der Waals surface area contributed by atoms with Gasteiger partial charge in [0.05, 0.1) is 0 Å². The number of aryl methyl sites for hydroxylation is 1. The number of fused-ring (bicyclic) bond motifs is 1. The lowest BCUT2D eigenvalue weighted by Crippen LogP contribution is -2.35. The Morgan fingerprint density at radius 1 is 0.800 bits per heavy atom. The van der Waals surface area contributed by atoms with Gasteiger partial charge in [-0.3, -0.25) is 4.79 Å². The molecule has 1 fully saturated rings. The van der Waals surface area contributed by atoms with Gasteiger partial charge in [-0.1, -0.05) is 122 Å². The molecule has 0 radical (unpaired) electrons. The van der Waals surface area contributed by atoms with E-state index >= 15 is 0 Å². The Morgan fingerprint density at radius 3 is 2.18 bits per heavy atom. The van der Waals surface area contributed by atoms with Gasteiger partial charge in [-0.25, -0.2) is 4.79 Å². The second kappa shape index (κ2) is 14.4. The highest BCUT2D eigenvalue weighted by Crippen LogP contribution is 2.36. The van der Waals surface area contributed by atoms with Crippen LogP contribution in [0.1, 0.15) is 73.0 Å². The van der Waals surface area contributed by atoms with E-state index in [1.54, 1.807) is 0 Å². The van der Waals surface area contributed by atoms with E-state index in [4.69, 9.17) is 10.5 Å². The van der Waals surface area contributed by atoms with Gasteiger partial charge in [0, 0.05) is 29.1 Å². The molecule has 2 atom stereocenters. The van der Waals surface area contributed by atoms with Gasteiger partial charge in [0.2, 0.25) is 5.91 Å². The number of hydrogen-bond acceptors (Lipinski definition) is 4. The van der Waals surface area contributed by atoms with Gasteiger partial charge in [0.15, 0.2) is 6.04 Å². The number of H-pyrrole nitrogens is 1. The predicted octanol–water partition coefficient (Wildman–Crippen LogP) is 7.95. The number of amides is 1. The van der Waals surface area contributed by atoms with Crippen LogP contribution in [0.5, 0.6) is 0 Å². The topological polar surface area (TPSA) is 97.2 Å². The minimum absolute atomic E-state index is 0.0976. The van der Waals surface area contributed by atoms with Crippen LogP contribution < -0.4 is 11.1 Å². The molecule has 1 aliphatic carbocycles. The average molecular weight is 600 g/mol. The van der Waals surface area contributed by atoms with Gasteiger partial charge >= 0.3 is 5.97 Å². The Labute approximate surface area is 265 Å². The van der Waals surface area contributed by atoms with Crippen LogP contribution in [0, 0.1) is 5.92 Å². The van der Waals surface area contributed by atoms with Crippen LogP contribution >= 0.6 is 0 Å². The third-order valence-corrected chi connectivity index (χ3v) is 9.06. The fraction of sp³-hybridized carbons (Fsp3) is 0.282. The molecule has 1 amide bonds. The molecule has 4 N–H and O–H groups in total. The first-order chi connectivity index (χ1) is 22.1. The molecule has 1 aliphatic rings. The summed E-state index contributed by atoms with van der Waals surface area (Å²) >= 11 is 0. The summed E-state index contributed by atoms with van der Waals surface area (Å²) in [5.74, 6) is -0.278. The molecule has 1 aromatic heterocycles. The number of esters is 1. The summed E-state index contributed by atoms with van der Waals surface area (Å²) < 4.78 is 5.71. The van der Waals surface area contributed by atoms with Gasteiger partial charge in [0.25, 0.3) is 0 Å². The Kier molecular flexibility index (Phi) is 9.71. The maximum absolute atomic E-state index is 13.5. The molecule has 2 unspecified atom stereocenters. The van der Waals surface area contributed by atoms with E-state index in [9.17, 15) is 9.59 Å². The zero-order valence-corrected chi connectivity index (χ0v) is 25.6. The largest absolute Gasteiger partial charge is 0.459 e. The lowest BCUT2D eigenvalue weighted by molar-refractivity contribution is -0.149. The molecule has 4 aromatic carbocycles. The predicted molar refractivity (Wildman–Crippen MR) is 179 cm³/mol. The first kappa shape index (κ1) is 30.4. The minimum Gasteiger partial charge on any atom is -0.459 e. The number of ether oxygens (including phenoxy) is 1. The molecular formula is C39H41N3O3. The highest BCUT2D eigenvalue weighted by Gasteiger charge is 2.28. The molecule has 1 saturated carbocycles. The van der Waals surface area contributed by atoms with Crippen LogP contribution in [0.15, 0.2) is 109 Å². The fourth-order valence-electron chi connectivity index (χ4n) is 6.56. The Bertz CT molecular complexity index is 1710. The zero-order chi connectivity index (χ0) is 31.0. The SMILES string of the molecule is NC(c1[nH]c2ccccc2c1CCC(=O)NC(C(=O)OCc1ccccc1)c1ccc(-c2ccccc2)cc1)C1CCCCC1. The molecule has 0 saturated heterocycles. The van der Waals surface area contributed by atoms with Crippen molar-refractivity contribution in [3.05, 3.63) is 132 Å². The van der Waals surface area contributed by atoms with Crippen molar-refractivity contribution < 1.29 is 14.3 Å². The second-order valence-corrected chi connectivity index (χ2v) is 12.1. The molecule has 6 rings (SSSR count). The molecule has 5 aromatic rings. The highest BCUT2D eigenvalue weighted by molar-refractivity contribution is 5.88. The number of aromatic nitrogens is 1. The summed E-state index contributed by atoms with van der Waals surface area (Å²) in [7, 11) is 0. The molecule has 6 heteroatoms. The number of nitrogens with two attached hydrogens (primary N) is 1. The minimum atomic E-state index is -0.932. The van der Waals surface area contributed by atoms with E-state index in [2.05, 4.69) is 22.4 Å². The smallest absolute Gasteiger partial charge is 0.333 e. The van der Waals surface area contributed by atoms with E-state index < -0.39 is 12.0 Å². The van der Waals surface area contributed by atoms with E-state index in [-0.39, 0.29) is 25.0 Å². The average Bonchev–Trinajstić information content (AvgIpc) is 3.48. The van der Waals surface area contributed by atoms with E-state index in [0.717, 1.165) is 51.7 Å². The number of nitrogens with one attached hydrogen (secondary N) is 2. The molecule has 0 bridgehead atoms. The van der Waals surface area contributed by atoms with Gasteiger partial charge in [-0.15, -0.1) is 0 Å². The highest BCUT2D eigenvalue weighted by atomic mass is 16.5. The van der Waals surface area contributed by atoms with Crippen molar-refractivity contribution in [1.29, 1.82) is 0 Å². The maximum atomic E-state index is 13.5. The molecule has 0 spiro atoms. The van der Waals surface area contributed by atoms with E-state index in [1.165, 1.54) is 19.3 Å². The van der Waals surface area contributed by atoms with Gasteiger partial charge < -0.3 is 20.8 Å². The number of aromatic amines is 1. The summed E-state index contributed by atoms with van der Waals surface area (Å²) in [5, 5.41) is 4.10. The standard InChI is InChI=1S/C39H41N3O3/c40-36(30-16-8-3-9-17-30)38-33(32-18-10-11-19-34(32)41-38)24-25-35(43)42-37(39(44)45-26-27-12-4-1-5-13-27)31-22-20-29(21-23-31)28-14-6-2-7-15-28/h1-2,4-7,10-15,18-23,30,36-37,41H,3,8-9,16-17,24-26,40H2,(H,42,43). The van der Waals surface area contributed by atoms with Crippen LogP contribution in [0.4, 0.5) is 0 Å². The van der Waals surface area contributed by atoms with Crippen molar-refractivity contribution in [2.24, 2.45) is 11.7 Å². The third kappa shape index (κ3) is 7.35. The summed E-state index contributed by atoms with van der Waals surface area (Å²) in [6.45, 7) is 0.131.